The maximum absolute atomic E-state index is 11.7. The van der Waals surface area contributed by atoms with Gasteiger partial charge in [0.15, 0.2) is 0 Å². The van der Waals surface area contributed by atoms with Crippen LogP contribution in [0.2, 0.25) is 0 Å². The first-order chi connectivity index (χ1) is 11.7. The van der Waals surface area contributed by atoms with Crippen LogP contribution in [-0.4, -0.2) is 48.7 Å². The van der Waals surface area contributed by atoms with Crippen molar-refractivity contribution in [3.05, 3.63) is 24.3 Å². The van der Waals surface area contributed by atoms with Crippen molar-refractivity contribution in [3.63, 3.8) is 0 Å². The highest BCUT2D eigenvalue weighted by Gasteiger charge is 2.11. The van der Waals surface area contributed by atoms with Crippen LogP contribution < -0.4 is 10.1 Å². The molecule has 1 N–H and O–H groups in total. The molecule has 0 aliphatic carbocycles. The van der Waals surface area contributed by atoms with E-state index in [0.29, 0.717) is 30.9 Å². The van der Waals surface area contributed by atoms with E-state index in [1.54, 1.807) is 7.11 Å². The second-order valence-corrected chi connectivity index (χ2v) is 5.72. The summed E-state index contributed by atoms with van der Waals surface area (Å²) >= 11 is 1.21. The minimum absolute atomic E-state index is 0.0688. The molecule has 0 spiro atoms. The van der Waals surface area contributed by atoms with Crippen molar-refractivity contribution < 1.29 is 18.7 Å². The van der Waals surface area contributed by atoms with Gasteiger partial charge in [0, 0.05) is 25.3 Å². The zero-order chi connectivity index (χ0) is 17.2. The summed E-state index contributed by atoms with van der Waals surface area (Å²) in [5.41, 5.74) is 0.801. The van der Waals surface area contributed by atoms with Crippen LogP contribution in [0, 0.1) is 0 Å². The lowest BCUT2D eigenvalue weighted by atomic mass is 10.2. The molecule has 24 heavy (non-hydrogen) atoms. The molecule has 1 aromatic carbocycles. The number of carbonyl (C=O) groups excluding carboxylic acids is 1. The summed E-state index contributed by atoms with van der Waals surface area (Å²) in [5, 5.41) is 11.1. The predicted molar refractivity (Wildman–Crippen MR) is 91.1 cm³/mol. The molecule has 130 valence electrons. The summed E-state index contributed by atoms with van der Waals surface area (Å²) in [6.07, 6.45) is 0.798. The van der Waals surface area contributed by atoms with E-state index < -0.39 is 0 Å². The van der Waals surface area contributed by atoms with Gasteiger partial charge in [0.25, 0.3) is 5.22 Å². The molecule has 8 heteroatoms. The number of ether oxygens (including phenoxy) is 2. The van der Waals surface area contributed by atoms with E-state index in [4.69, 9.17) is 13.9 Å². The van der Waals surface area contributed by atoms with E-state index in [1.807, 2.05) is 31.2 Å². The Morgan fingerprint density at radius 3 is 2.79 bits per heavy atom. The number of aromatic nitrogens is 2. The lowest BCUT2D eigenvalue weighted by molar-refractivity contribution is -0.118. The van der Waals surface area contributed by atoms with Gasteiger partial charge >= 0.3 is 0 Å². The number of amides is 1. The molecular formula is C16H21N3O4S. The molecule has 1 heterocycles. The predicted octanol–water partition coefficient (Wildman–Crippen LogP) is 2.38. The third-order valence-electron chi connectivity index (χ3n) is 3.06. The summed E-state index contributed by atoms with van der Waals surface area (Å²) < 4.78 is 15.9. The van der Waals surface area contributed by atoms with E-state index in [1.165, 1.54) is 11.8 Å². The van der Waals surface area contributed by atoms with E-state index in [-0.39, 0.29) is 11.7 Å². The highest BCUT2D eigenvalue weighted by Crippen LogP contribution is 2.24. The molecule has 2 aromatic rings. The van der Waals surface area contributed by atoms with Gasteiger partial charge in [-0.05, 0) is 37.6 Å². The van der Waals surface area contributed by atoms with Crippen LogP contribution >= 0.6 is 11.8 Å². The number of nitrogens with zero attached hydrogens (tertiary/aromatic N) is 2. The van der Waals surface area contributed by atoms with Crippen LogP contribution in [-0.2, 0) is 9.53 Å². The lowest BCUT2D eigenvalue weighted by Crippen LogP contribution is -2.26. The maximum Gasteiger partial charge on any atom is 0.277 e. The molecular weight excluding hydrogens is 330 g/mol. The SMILES string of the molecule is CCOCCCNC(=O)CSc1nnc(-c2ccc(OC)cc2)o1. The second kappa shape index (κ2) is 9.94. The molecule has 0 aliphatic rings. The summed E-state index contributed by atoms with van der Waals surface area (Å²) in [4.78, 5) is 11.7. The Labute approximate surface area is 145 Å². The molecule has 0 saturated heterocycles. The first-order valence-electron chi connectivity index (χ1n) is 7.68. The summed E-state index contributed by atoms with van der Waals surface area (Å²) in [6.45, 7) is 3.89. The molecule has 0 unspecified atom stereocenters. The fourth-order valence-electron chi connectivity index (χ4n) is 1.84. The molecule has 0 aliphatic heterocycles. The van der Waals surface area contributed by atoms with Gasteiger partial charge in [-0.25, -0.2) is 0 Å². The molecule has 0 fully saturated rings. The number of hydrogen-bond donors (Lipinski definition) is 1. The average molecular weight is 351 g/mol. The number of carbonyl (C=O) groups is 1. The Hall–Kier alpha value is -2.06. The number of methoxy groups -OCH3 is 1. The zero-order valence-electron chi connectivity index (χ0n) is 13.8. The Morgan fingerprint density at radius 2 is 2.08 bits per heavy atom. The van der Waals surface area contributed by atoms with Gasteiger partial charge in [0.1, 0.15) is 5.75 Å². The highest BCUT2D eigenvalue weighted by molar-refractivity contribution is 7.99. The first-order valence-corrected chi connectivity index (χ1v) is 8.66. The van der Waals surface area contributed by atoms with Gasteiger partial charge in [-0.15, -0.1) is 10.2 Å². The molecule has 0 radical (unpaired) electrons. The summed E-state index contributed by atoms with van der Waals surface area (Å²) in [6, 6.07) is 7.32. The van der Waals surface area contributed by atoms with E-state index in [2.05, 4.69) is 15.5 Å². The molecule has 2 rings (SSSR count). The van der Waals surface area contributed by atoms with Crippen LogP contribution in [0.1, 0.15) is 13.3 Å². The fraction of sp³-hybridized carbons (Fsp3) is 0.438. The molecule has 0 bridgehead atoms. The summed E-state index contributed by atoms with van der Waals surface area (Å²) in [7, 11) is 1.61. The number of rotatable bonds is 10. The quantitative estimate of drug-likeness (QED) is 0.519. The second-order valence-electron chi connectivity index (χ2n) is 4.79. The third kappa shape index (κ3) is 5.86. The minimum Gasteiger partial charge on any atom is -0.497 e. The lowest BCUT2D eigenvalue weighted by Gasteiger charge is -2.03. The van der Waals surface area contributed by atoms with Gasteiger partial charge in [-0.1, -0.05) is 11.8 Å². The largest absolute Gasteiger partial charge is 0.497 e. The molecule has 1 amide bonds. The third-order valence-corrected chi connectivity index (χ3v) is 3.88. The van der Waals surface area contributed by atoms with Gasteiger partial charge < -0.3 is 19.2 Å². The van der Waals surface area contributed by atoms with Crippen molar-refractivity contribution in [2.24, 2.45) is 0 Å². The number of hydrogen-bond acceptors (Lipinski definition) is 7. The molecule has 7 nitrogen and oxygen atoms in total. The van der Waals surface area contributed by atoms with Crippen LogP contribution in [0.5, 0.6) is 5.75 Å². The Morgan fingerprint density at radius 1 is 1.29 bits per heavy atom. The van der Waals surface area contributed by atoms with Crippen molar-refractivity contribution in [3.8, 4) is 17.2 Å². The van der Waals surface area contributed by atoms with Crippen LogP contribution in [0.15, 0.2) is 33.9 Å². The highest BCUT2D eigenvalue weighted by atomic mass is 32.2. The standard InChI is InChI=1S/C16H21N3O4S/c1-3-22-10-4-9-17-14(20)11-24-16-19-18-15(23-16)12-5-7-13(21-2)8-6-12/h5-8H,3-4,9-11H2,1-2H3,(H,17,20). The Bertz CT molecular complexity index is 631. The van der Waals surface area contributed by atoms with Crippen molar-refractivity contribution in [1.82, 2.24) is 15.5 Å². The summed E-state index contributed by atoms with van der Waals surface area (Å²) in [5.74, 6) is 1.34. The molecule has 0 atom stereocenters. The minimum atomic E-state index is -0.0688. The zero-order valence-corrected chi connectivity index (χ0v) is 14.6. The van der Waals surface area contributed by atoms with Crippen LogP contribution in [0.25, 0.3) is 11.5 Å². The first kappa shape index (κ1) is 18.3. The average Bonchev–Trinajstić information content (AvgIpc) is 3.09. The van der Waals surface area contributed by atoms with Gasteiger partial charge in [0.2, 0.25) is 11.8 Å². The normalized spacial score (nSPS) is 10.6. The fourth-order valence-corrected chi connectivity index (χ4v) is 2.44. The number of nitrogens with one attached hydrogen (secondary N) is 1. The Balaban J connectivity index is 1.75. The van der Waals surface area contributed by atoms with Crippen molar-refractivity contribution in [1.29, 1.82) is 0 Å². The molecule has 1 aromatic heterocycles. The Kier molecular flexibility index (Phi) is 7.57. The van der Waals surface area contributed by atoms with Crippen molar-refractivity contribution in [2.75, 3.05) is 32.6 Å². The van der Waals surface area contributed by atoms with Crippen molar-refractivity contribution in [2.45, 2.75) is 18.6 Å². The van der Waals surface area contributed by atoms with Gasteiger partial charge in [0.05, 0.1) is 12.9 Å². The van der Waals surface area contributed by atoms with Crippen LogP contribution in [0.3, 0.4) is 0 Å². The van der Waals surface area contributed by atoms with E-state index in [0.717, 1.165) is 17.7 Å². The number of thioether (sulfide) groups is 1. The van der Waals surface area contributed by atoms with E-state index in [9.17, 15) is 4.79 Å². The van der Waals surface area contributed by atoms with Crippen LogP contribution in [0.4, 0.5) is 0 Å². The maximum atomic E-state index is 11.7. The topological polar surface area (TPSA) is 86.5 Å². The monoisotopic (exact) mass is 351 g/mol. The molecule has 0 saturated carbocycles. The van der Waals surface area contributed by atoms with Gasteiger partial charge in [-0.2, -0.15) is 0 Å². The van der Waals surface area contributed by atoms with E-state index >= 15 is 0 Å². The number of benzene rings is 1. The smallest absolute Gasteiger partial charge is 0.277 e. The van der Waals surface area contributed by atoms with Gasteiger partial charge in [-0.3, -0.25) is 4.79 Å². The van der Waals surface area contributed by atoms with Crippen molar-refractivity contribution >= 4 is 17.7 Å².